The molecule has 0 aliphatic heterocycles. The second-order valence-electron chi connectivity index (χ2n) is 4.69. The van der Waals surface area contributed by atoms with Crippen molar-refractivity contribution < 1.29 is 4.74 Å². The number of rotatable bonds is 2. The van der Waals surface area contributed by atoms with Crippen LogP contribution >= 0.6 is 0 Å². The molecule has 0 saturated carbocycles. The Labute approximate surface area is 111 Å². The van der Waals surface area contributed by atoms with Crippen LogP contribution in [-0.4, -0.2) is 22.1 Å². The molecule has 3 aromatic rings. The number of benzene rings is 2. The maximum atomic E-state index is 5.20. The Hall–Kier alpha value is -2.36. The van der Waals surface area contributed by atoms with Crippen molar-refractivity contribution in [1.82, 2.24) is 15.0 Å². The van der Waals surface area contributed by atoms with Gasteiger partial charge in [-0.3, -0.25) is 0 Å². The Balaban J connectivity index is 2.14. The molecular formula is C15H15N3O. The molecule has 0 radical (unpaired) electrons. The van der Waals surface area contributed by atoms with E-state index >= 15 is 0 Å². The first-order valence-electron chi connectivity index (χ1n) is 6.15. The Bertz CT molecular complexity index is 726. The van der Waals surface area contributed by atoms with Crippen LogP contribution in [0.1, 0.15) is 11.1 Å². The summed E-state index contributed by atoms with van der Waals surface area (Å²) in [5, 5.41) is 8.99. The van der Waals surface area contributed by atoms with Gasteiger partial charge >= 0.3 is 0 Å². The van der Waals surface area contributed by atoms with Gasteiger partial charge in [-0.15, -0.1) is 10.2 Å². The van der Waals surface area contributed by atoms with Gasteiger partial charge in [0, 0.05) is 6.07 Å². The summed E-state index contributed by atoms with van der Waals surface area (Å²) in [4.78, 5) is 1.67. The normalized spacial score (nSPS) is 10.9. The molecule has 96 valence electrons. The molecule has 0 N–H and O–H groups in total. The minimum atomic E-state index is 0.792. The van der Waals surface area contributed by atoms with Gasteiger partial charge in [0.25, 0.3) is 0 Å². The van der Waals surface area contributed by atoms with Gasteiger partial charge in [-0.25, -0.2) is 0 Å². The molecule has 2 aromatic carbocycles. The highest BCUT2D eigenvalue weighted by Crippen LogP contribution is 2.19. The first-order chi connectivity index (χ1) is 9.15. The van der Waals surface area contributed by atoms with E-state index in [1.807, 2.05) is 18.2 Å². The lowest BCUT2D eigenvalue weighted by atomic mass is 10.1. The summed E-state index contributed by atoms with van der Waals surface area (Å²) < 4.78 is 5.20. The summed E-state index contributed by atoms with van der Waals surface area (Å²) in [5.74, 6) is 0.792. The van der Waals surface area contributed by atoms with Crippen LogP contribution in [0.15, 0.2) is 36.4 Å². The van der Waals surface area contributed by atoms with Crippen LogP contribution in [0.5, 0.6) is 5.75 Å². The molecule has 0 fully saturated rings. The lowest BCUT2D eigenvalue weighted by Crippen LogP contribution is -1.99. The lowest BCUT2D eigenvalue weighted by Gasteiger charge is -2.02. The maximum Gasteiger partial charge on any atom is 0.121 e. The monoisotopic (exact) mass is 253 g/mol. The van der Waals surface area contributed by atoms with E-state index in [1.54, 1.807) is 11.9 Å². The van der Waals surface area contributed by atoms with Gasteiger partial charge in [0.05, 0.1) is 12.8 Å². The first kappa shape index (κ1) is 11.7. The van der Waals surface area contributed by atoms with Crippen molar-refractivity contribution in [3.63, 3.8) is 0 Å². The van der Waals surface area contributed by atoms with Crippen molar-refractivity contribution in [3.8, 4) is 11.4 Å². The maximum absolute atomic E-state index is 5.20. The summed E-state index contributed by atoms with van der Waals surface area (Å²) in [6.45, 7) is 4.14. The van der Waals surface area contributed by atoms with Crippen LogP contribution in [-0.2, 0) is 0 Å². The van der Waals surface area contributed by atoms with Crippen LogP contribution in [0, 0.1) is 13.8 Å². The van der Waals surface area contributed by atoms with E-state index in [4.69, 9.17) is 4.74 Å². The summed E-state index contributed by atoms with van der Waals surface area (Å²) in [6.07, 6.45) is 0. The van der Waals surface area contributed by atoms with E-state index in [9.17, 15) is 0 Å². The Morgan fingerprint density at radius 1 is 0.895 bits per heavy atom. The van der Waals surface area contributed by atoms with Crippen molar-refractivity contribution >= 4 is 11.0 Å². The van der Waals surface area contributed by atoms with Crippen LogP contribution < -0.4 is 4.74 Å². The third kappa shape index (κ3) is 2.17. The number of hydrogen-bond donors (Lipinski definition) is 0. The number of ether oxygens (including phenoxy) is 1. The highest BCUT2D eigenvalue weighted by Gasteiger charge is 2.06. The molecule has 0 aliphatic carbocycles. The second kappa shape index (κ2) is 4.39. The highest BCUT2D eigenvalue weighted by atomic mass is 16.5. The largest absolute Gasteiger partial charge is 0.497 e. The van der Waals surface area contributed by atoms with E-state index in [0.717, 1.165) is 22.5 Å². The van der Waals surface area contributed by atoms with E-state index in [1.165, 1.54) is 11.1 Å². The van der Waals surface area contributed by atoms with E-state index < -0.39 is 0 Å². The zero-order valence-corrected chi connectivity index (χ0v) is 11.2. The quantitative estimate of drug-likeness (QED) is 0.704. The fourth-order valence-corrected chi connectivity index (χ4v) is 2.20. The fourth-order valence-electron chi connectivity index (χ4n) is 2.20. The van der Waals surface area contributed by atoms with Gasteiger partial charge in [-0.1, -0.05) is 6.07 Å². The highest BCUT2D eigenvalue weighted by molar-refractivity contribution is 5.75. The number of methoxy groups -OCH3 is 1. The minimum Gasteiger partial charge on any atom is -0.497 e. The van der Waals surface area contributed by atoms with Crippen LogP contribution in [0.3, 0.4) is 0 Å². The van der Waals surface area contributed by atoms with E-state index in [2.05, 4.69) is 42.2 Å². The molecule has 0 spiro atoms. The standard InChI is InChI=1S/C15H15N3O/c1-10-6-11(2)8-12(7-10)18-16-14-5-4-13(19-3)9-15(14)17-18/h4-9H,1-3H3. The fraction of sp³-hybridized carbons (Fsp3) is 0.200. The molecule has 4 heteroatoms. The topological polar surface area (TPSA) is 39.9 Å². The van der Waals surface area contributed by atoms with Crippen molar-refractivity contribution in [2.24, 2.45) is 0 Å². The first-order valence-corrected chi connectivity index (χ1v) is 6.15. The smallest absolute Gasteiger partial charge is 0.121 e. The zero-order valence-electron chi connectivity index (χ0n) is 11.2. The SMILES string of the molecule is COc1ccc2nn(-c3cc(C)cc(C)c3)nc2c1. The van der Waals surface area contributed by atoms with Gasteiger partial charge in [0.2, 0.25) is 0 Å². The van der Waals surface area contributed by atoms with Crippen LogP contribution in [0.25, 0.3) is 16.7 Å². The Kier molecular flexibility index (Phi) is 2.71. The molecule has 0 bridgehead atoms. The molecule has 4 nitrogen and oxygen atoms in total. The number of fused-ring (bicyclic) bond motifs is 1. The minimum absolute atomic E-state index is 0.792. The Morgan fingerprint density at radius 2 is 1.58 bits per heavy atom. The van der Waals surface area contributed by atoms with Gasteiger partial charge in [0.1, 0.15) is 16.8 Å². The predicted molar refractivity (Wildman–Crippen MR) is 74.9 cm³/mol. The molecule has 3 rings (SSSR count). The second-order valence-corrected chi connectivity index (χ2v) is 4.69. The van der Waals surface area contributed by atoms with Gasteiger partial charge in [-0.05, 0) is 49.2 Å². The third-order valence-electron chi connectivity index (χ3n) is 3.02. The summed E-state index contributed by atoms with van der Waals surface area (Å²) in [7, 11) is 1.65. The summed E-state index contributed by atoms with van der Waals surface area (Å²) in [5.41, 5.74) is 5.08. The van der Waals surface area contributed by atoms with Crippen molar-refractivity contribution in [1.29, 1.82) is 0 Å². The lowest BCUT2D eigenvalue weighted by molar-refractivity contribution is 0.415. The number of hydrogen-bond acceptors (Lipinski definition) is 3. The van der Waals surface area contributed by atoms with Crippen molar-refractivity contribution in [3.05, 3.63) is 47.5 Å². The number of nitrogens with zero attached hydrogens (tertiary/aromatic N) is 3. The van der Waals surface area contributed by atoms with Gasteiger partial charge < -0.3 is 4.74 Å². The van der Waals surface area contributed by atoms with Crippen molar-refractivity contribution in [2.45, 2.75) is 13.8 Å². The molecule has 0 atom stereocenters. The molecule has 0 amide bonds. The molecule has 1 aromatic heterocycles. The zero-order chi connectivity index (χ0) is 13.4. The summed E-state index contributed by atoms with van der Waals surface area (Å²) >= 11 is 0. The average molecular weight is 253 g/mol. The third-order valence-corrected chi connectivity index (χ3v) is 3.02. The molecule has 1 heterocycles. The van der Waals surface area contributed by atoms with Crippen molar-refractivity contribution in [2.75, 3.05) is 7.11 Å². The van der Waals surface area contributed by atoms with Gasteiger partial charge in [-0.2, -0.15) is 4.80 Å². The van der Waals surface area contributed by atoms with Crippen LogP contribution in [0.2, 0.25) is 0 Å². The Morgan fingerprint density at radius 3 is 2.26 bits per heavy atom. The predicted octanol–water partition coefficient (Wildman–Crippen LogP) is 3.05. The molecule has 0 unspecified atom stereocenters. The van der Waals surface area contributed by atoms with Crippen LogP contribution in [0.4, 0.5) is 0 Å². The number of aryl methyl sites for hydroxylation is 2. The average Bonchev–Trinajstić information content (AvgIpc) is 2.80. The molecule has 0 saturated heterocycles. The van der Waals surface area contributed by atoms with E-state index in [0.29, 0.717) is 0 Å². The molecule has 19 heavy (non-hydrogen) atoms. The summed E-state index contributed by atoms with van der Waals surface area (Å²) in [6, 6.07) is 12.0. The number of aromatic nitrogens is 3. The van der Waals surface area contributed by atoms with Gasteiger partial charge in [0.15, 0.2) is 0 Å². The molecular weight excluding hydrogens is 238 g/mol. The van der Waals surface area contributed by atoms with E-state index in [-0.39, 0.29) is 0 Å². The molecule has 0 aliphatic rings.